The molecule has 0 fully saturated rings. The number of hydrogen-bond acceptors (Lipinski definition) is 7. The lowest BCUT2D eigenvalue weighted by Gasteiger charge is -1.98. The van der Waals surface area contributed by atoms with Crippen molar-refractivity contribution in [2.75, 3.05) is 12.4 Å². The third-order valence-corrected chi connectivity index (χ3v) is 3.42. The number of hydrogen-bond donors (Lipinski definition) is 1. The van der Waals surface area contributed by atoms with Crippen LogP contribution in [0.4, 0.5) is 5.13 Å². The van der Waals surface area contributed by atoms with Crippen LogP contribution < -0.4 is 5.32 Å². The Morgan fingerprint density at radius 1 is 1.47 bits per heavy atom. The Bertz CT molecular complexity index is 557. The molecule has 0 spiro atoms. The second-order valence-electron chi connectivity index (χ2n) is 4.00. The molecule has 1 N–H and O–H groups in total. The fourth-order valence-electron chi connectivity index (χ4n) is 1.46. The van der Waals surface area contributed by atoms with Gasteiger partial charge in [0.25, 0.3) is 0 Å². The fraction of sp³-hybridized carbons (Fsp3) is 0.417. The zero-order valence-electron chi connectivity index (χ0n) is 11.0. The van der Waals surface area contributed by atoms with E-state index in [-0.39, 0.29) is 12.4 Å². The summed E-state index contributed by atoms with van der Waals surface area (Å²) in [6.45, 7) is 4.25. The molecule has 0 aliphatic rings. The zero-order valence-corrected chi connectivity index (χ0v) is 11.8. The molecule has 6 nitrogen and oxygen atoms in total. The summed E-state index contributed by atoms with van der Waals surface area (Å²) in [6, 6.07) is 0. The van der Waals surface area contributed by atoms with Crippen LogP contribution in [0.3, 0.4) is 0 Å². The highest BCUT2D eigenvalue weighted by molar-refractivity contribution is 7.13. The molecule has 0 radical (unpaired) electrons. The van der Waals surface area contributed by atoms with E-state index >= 15 is 0 Å². The minimum absolute atomic E-state index is 0.186. The summed E-state index contributed by atoms with van der Waals surface area (Å²) < 4.78 is 10.0. The van der Waals surface area contributed by atoms with E-state index < -0.39 is 0 Å². The number of aryl methyl sites for hydroxylation is 2. The number of nitrogens with zero attached hydrogens (tertiary/aromatic N) is 2. The summed E-state index contributed by atoms with van der Waals surface area (Å²) in [7, 11) is 1.36. The number of nitrogens with one attached hydrogen (secondary N) is 1. The molecule has 0 amide bonds. The normalized spacial score (nSPS) is 10.5. The van der Waals surface area contributed by atoms with Gasteiger partial charge >= 0.3 is 5.97 Å². The van der Waals surface area contributed by atoms with Gasteiger partial charge in [-0.15, -0.1) is 11.3 Å². The van der Waals surface area contributed by atoms with E-state index in [0.29, 0.717) is 18.1 Å². The van der Waals surface area contributed by atoms with Gasteiger partial charge in [-0.05, 0) is 13.8 Å². The topological polar surface area (TPSA) is 77.2 Å². The first-order valence-corrected chi connectivity index (χ1v) is 6.64. The van der Waals surface area contributed by atoms with Crippen molar-refractivity contribution in [3.05, 3.63) is 28.4 Å². The molecule has 0 aliphatic heterocycles. The lowest BCUT2D eigenvalue weighted by Crippen LogP contribution is -2.05. The largest absolute Gasteiger partial charge is 0.469 e. The Morgan fingerprint density at radius 2 is 2.26 bits per heavy atom. The summed E-state index contributed by atoms with van der Waals surface area (Å²) in [5.41, 5.74) is 1.58. The highest BCUT2D eigenvalue weighted by Gasteiger charge is 2.09. The number of rotatable bonds is 5. The number of esters is 1. The number of carbonyl (C=O) groups excluding carboxylic acids is 1. The predicted octanol–water partition coefficient (Wildman–Crippen LogP) is 2.08. The second-order valence-corrected chi connectivity index (χ2v) is 4.86. The standard InChI is InChI=1S/C12H15N3O3S/c1-7-8(2)18-10(14-7)5-13-12-15-9(6-19-12)4-11(16)17-3/h6H,4-5H2,1-3H3,(H,13,15). The van der Waals surface area contributed by atoms with E-state index in [4.69, 9.17) is 4.42 Å². The first kappa shape index (κ1) is 13.5. The van der Waals surface area contributed by atoms with Crippen LogP contribution in [0.25, 0.3) is 0 Å². The molecule has 7 heteroatoms. The van der Waals surface area contributed by atoms with Gasteiger partial charge in [0.1, 0.15) is 5.76 Å². The number of ether oxygens (including phenoxy) is 1. The van der Waals surface area contributed by atoms with Gasteiger partial charge in [-0.1, -0.05) is 0 Å². The van der Waals surface area contributed by atoms with Crippen molar-refractivity contribution in [2.45, 2.75) is 26.8 Å². The van der Waals surface area contributed by atoms with Crippen LogP contribution in [-0.2, 0) is 22.5 Å². The van der Waals surface area contributed by atoms with Crippen LogP contribution in [-0.4, -0.2) is 23.0 Å². The maximum atomic E-state index is 11.1. The van der Waals surface area contributed by atoms with Gasteiger partial charge in [0.15, 0.2) is 5.13 Å². The lowest BCUT2D eigenvalue weighted by molar-refractivity contribution is -0.139. The van der Waals surface area contributed by atoms with E-state index in [9.17, 15) is 4.79 Å². The molecule has 2 rings (SSSR count). The van der Waals surface area contributed by atoms with Crippen molar-refractivity contribution in [3.8, 4) is 0 Å². The van der Waals surface area contributed by atoms with Crippen molar-refractivity contribution < 1.29 is 13.9 Å². The minimum atomic E-state index is -0.296. The first-order chi connectivity index (χ1) is 9.08. The van der Waals surface area contributed by atoms with E-state index in [1.807, 2.05) is 19.2 Å². The molecule has 2 heterocycles. The molecular weight excluding hydrogens is 266 g/mol. The molecule has 0 bridgehead atoms. The average Bonchev–Trinajstić information content (AvgIpc) is 2.95. The van der Waals surface area contributed by atoms with Crippen LogP contribution in [0.1, 0.15) is 23.0 Å². The van der Waals surface area contributed by atoms with E-state index in [2.05, 4.69) is 20.0 Å². The van der Waals surface area contributed by atoms with Crippen molar-refractivity contribution in [3.63, 3.8) is 0 Å². The Labute approximate surface area is 114 Å². The number of thiazole rings is 1. The molecule has 0 atom stereocenters. The van der Waals surface area contributed by atoms with Gasteiger partial charge in [0.05, 0.1) is 31.5 Å². The molecule has 0 saturated carbocycles. The zero-order chi connectivity index (χ0) is 13.8. The SMILES string of the molecule is COC(=O)Cc1csc(NCc2nc(C)c(C)o2)n1. The van der Waals surface area contributed by atoms with Crippen LogP contribution in [0.5, 0.6) is 0 Å². The van der Waals surface area contributed by atoms with Gasteiger partial charge in [-0.25, -0.2) is 9.97 Å². The number of aromatic nitrogens is 2. The van der Waals surface area contributed by atoms with Crippen LogP contribution in [0.15, 0.2) is 9.80 Å². The molecule has 102 valence electrons. The molecule has 0 saturated heterocycles. The Kier molecular flexibility index (Phi) is 4.16. The van der Waals surface area contributed by atoms with Crippen LogP contribution in [0, 0.1) is 13.8 Å². The molecule has 2 aromatic rings. The van der Waals surface area contributed by atoms with Crippen molar-refractivity contribution >= 4 is 22.4 Å². The third kappa shape index (κ3) is 3.54. The van der Waals surface area contributed by atoms with Gasteiger partial charge in [0.2, 0.25) is 5.89 Å². The van der Waals surface area contributed by atoms with Gasteiger partial charge in [0, 0.05) is 5.38 Å². The highest BCUT2D eigenvalue weighted by Crippen LogP contribution is 2.17. The highest BCUT2D eigenvalue weighted by atomic mass is 32.1. The summed E-state index contributed by atoms with van der Waals surface area (Å²) >= 11 is 1.43. The second kappa shape index (κ2) is 5.83. The molecule has 0 aliphatic carbocycles. The van der Waals surface area contributed by atoms with E-state index in [1.54, 1.807) is 0 Å². The molecule has 0 aromatic carbocycles. The number of anilines is 1. The third-order valence-electron chi connectivity index (χ3n) is 2.57. The van der Waals surface area contributed by atoms with Gasteiger partial charge in [-0.3, -0.25) is 4.79 Å². The van der Waals surface area contributed by atoms with Crippen LogP contribution in [0.2, 0.25) is 0 Å². The van der Waals surface area contributed by atoms with Gasteiger partial charge in [-0.2, -0.15) is 0 Å². The van der Waals surface area contributed by atoms with Crippen LogP contribution >= 0.6 is 11.3 Å². The number of carbonyl (C=O) groups is 1. The fourth-order valence-corrected chi connectivity index (χ4v) is 2.16. The average molecular weight is 281 g/mol. The van der Waals surface area contributed by atoms with Crippen molar-refractivity contribution in [1.82, 2.24) is 9.97 Å². The maximum absolute atomic E-state index is 11.1. The molecule has 19 heavy (non-hydrogen) atoms. The summed E-state index contributed by atoms with van der Waals surface area (Å²) in [5, 5.41) is 5.67. The molecule has 2 aromatic heterocycles. The number of methoxy groups -OCH3 is 1. The van der Waals surface area contributed by atoms with Gasteiger partial charge < -0.3 is 14.5 Å². The molecular formula is C12H15N3O3S. The monoisotopic (exact) mass is 281 g/mol. The van der Waals surface area contributed by atoms with E-state index in [1.165, 1.54) is 18.4 Å². The van der Waals surface area contributed by atoms with E-state index in [0.717, 1.165) is 16.6 Å². The maximum Gasteiger partial charge on any atom is 0.311 e. The Hall–Kier alpha value is -1.89. The first-order valence-electron chi connectivity index (χ1n) is 5.76. The summed E-state index contributed by atoms with van der Waals surface area (Å²) in [5.74, 6) is 1.15. The van der Waals surface area contributed by atoms with Crippen molar-refractivity contribution in [2.24, 2.45) is 0 Å². The smallest absolute Gasteiger partial charge is 0.311 e. The Morgan fingerprint density at radius 3 is 2.89 bits per heavy atom. The Balaban J connectivity index is 1.91. The molecule has 0 unspecified atom stereocenters. The summed E-state index contributed by atoms with van der Waals surface area (Å²) in [4.78, 5) is 19.7. The van der Waals surface area contributed by atoms with Crippen molar-refractivity contribution in [1.29, 1.82) is 0 Å². The predicted molar refractivity (Wildman–Crippen MR) is 71.1 cm³/mol. The summed E-state index contributed by atoms with van der Waals surface area (Å²) in [6.07, 6.45) is 0.186. The minimum Gasteiger partial charge on any atom is -0.469 e. The number of oxazole rings is 1. The lowest BCUT2D eigenvalue weighted by atomic mass is 10.3. The quantitative estimate of drug-likeness (QED) is 0.845.